The molecule has 0 radical (unpaired) electrons. The van der Waals surface area contributed by atoms with Gasteiger partial charge in [0.05, 0.1) is 6.20 Å². The van der Waals surface area contributed by atoms with Gasteiger partial charge >= 0.3 is 5.97 Å². The number of benzene rings is 1. The van der Waals surface area contributed by atoms with Crippen molar-refractivity contribution in [1.82, 2.24) is 30.8 Å². The molecule has 0 bridgehead atoms. The SMILES string of the molecule is CC(C)C[C@H](NC(=O)c1cnc(-c2cccc(-c3n[nH]c(C(=O)N[C@@H](C)C4CC4)n3)c2)o1)C(=O)O. The number of carbonyl (C=O) groups is 3. The second-order valence-corrected chi connectivity index (χ2v) is 9.21. The molecule has 11 heteroatoms. The van der Waals surface area contributed by atoms with Crippen LogP contribution in [0, 0.1) is 11.8 Å². The smallest absolute Gasteiger partial charge is 0.326 e. The first-order valence-corrected chi connectivity index (χ1v) is 11.5. The topological polar surface area (TPSA) is 163 Å². The van der Waals surface area contributed by atoms with Crippen LogP contribution in [0.5, 0.6) is 0 Å². The summed E-state index contributed by atoms with van der Waals surface area (Å²) in [5.41, 5.74) is 1.19. The van der Waals surface area contributed by atoms with Crippen molar-refractivity contribution < 1.29 is 23.9 Å². The molecule has 2 atom stereocenters. The van der Waals surface area contributed by atoms with Crippen molar-refractivity contribution in [3.63, 3.8) is 0 Å². The van der Waals surface area contributed by atoms with Gasteiger partial charge in [-0.15, -0.1) is 0 Å². The zero-order valence-corrected chi connectivity index (χ0v) is 19.7. The van der Waals surface area contributed by atoms with Crippen molar-refractivity contribution in [1.29, 1.82) is 0 Å². The van der Waals surface area contributed by atoms with Crippen molar-refractivity contribution in [3.05, 3.63) is 42.0 Å². The van der Waals surface area contributed by atoms with Crippen LogP contribution in [0.3, 0.4) is 0 Å². The summed E-state index contributed by atoms with van der Waals surface area (Å²) in [6.45, 7) is 5.73. The average Bonchev–Trinajstić information content (AvgIpc) is 3.34. The van der Waals surface area contributed by atoms with Crippen LogP contribution in [0.1, 0.15) is 61.2 Å². The summed E-state index contributed by atoms with van der Waals surface area (Å²) in [6, 6.07) is 6.07. The number of oxazole rings is 1. The maximum absolute atomic E-state index is 12.5. The van der Waals surface area contributed by atoms with Crippen LogP contribution >= 0.6 is 0 Å². The van der Waals surface area contributed by atoms with E-state index in [9.17, 15) is 19.5 Å². The van der Waals surface area contributed by atoms with Crippen LogP contribution in [0.15, 0.2) is 34.9 Å². The van der Waals surface area contributed by atoms with Gasteiger partial charge in [0.2, 0.25) is 17.5 Å². The molecular weight excluding hydrogens is 452 g/mol. The van der Waals surface area contributed by atoms with Crippen LogP contribution in [0.4, 0.5) is 0 Å². The van der Waals surface area contributed by atoms with Crippen LogP contribution in [-0.4, -0.2) is 55.1 Å². The molecule has 1 saturated carbocycles. The molecule has 11 nitrogen and oxygen atoms in total. The number of nitrogens with one attached hydrogen (secondary N) is 3. The van der Waals surface area contributed by atoms with Gasteiger partial charge in [-0.25, -0.2) is 14.8 Å². The second-order valence-electron chi connectivity index (χ2n) is 9.21. The van der Waals surface area contributed by atoms with Crippen LogP contribution < -0.4 is 10.6 Å². The number of rotatable bonds is 10. The fourth-order valence-corrected chi connectivity index (χ4v) is 3.71. The molecule has 3 aromatic rings. The molecule has 1 aliphatic carbocycles. The summed E-state index contributed by atoms with van der Waals surface area (Å²) in [5, 5.41) is 21.6. The summed E-state index contributed by atoms with van der Waals surface area (Å²) in [5.74, 6) is -0.911. The number of amides is 2. The zero-order valence-electron chi connectivity index (χ0n) is 19.7. The summed E-state index contributed by atoms with van der Waals surface area (Å²) in [4.78, 5) is 44.8. The Kier molecular flexibility index (Phi) is 6.94. The molecule has 184 valence electrons. The third-order valence-corrected chi connectivity index (χ3v) is 5.80. The summed E-state index contributed by atoms with van der Waals surface area (Å²) < 4.78 is 5.59. The fraction of sp³-hybridized carbons (Fsp3) is 0.417. The van der Waals surface area contributed by atoms with Gasteiger partial charge in [0.15, 0.2) is 5.82 Å². The Hall–Kier alpha value is -4.02. The van der Waals surface area contributed by atoms with E-state index in [0.29, 0.717) is 29.3 Å². The molecule has 2 heterocycles. The molecule has 1 aromatic carbocycles. The third-order valence-electron chi connectivity index (χ3n) is 5.80. The van der Waals surface area contributed by atoms with E-state index in [1.165, 1.54) is 6.20 Å². The van der Waals surface area contributed by atoms with E-state index >= 15 is 0 Å². The van der Waals surface area contributed by atoms with Crippen LogP contribution in [0.2, 0.25) is 0 Å². The summed E-state index contributed by atoms with van der Waals surface area (Å²) >= 11 is 0. The standard InChI is InChI=1S/C24H28N6O5/c1-12(2)9-17(24(33)34)27-21(31)18-11-25-23(35-18)16-6-4-5-15(10-16)19-28-20(30-29-19)22(32)26-13(3)14-7-8-14/h4-6,10-14,17H,7-9H2,1-3H3,(H,26,32)(H,27,31)(H,33,34)(H,28,29,30)/t13-,17-/m0/s1. The van der Waals surface area contributed by atoms with Crippen LogP contribution in [0.25, 0.3) is 22.8 Å². The minimum atomic E-state index is -1.11. The molecule has 1 fully saturated rings. The molecule has 4 N–H and O–H groups in total. The predicted molar refractivity (Wildman–Crippen MR) is 125 cm³/mol. The molecule has 0 saturated heterocycles. The van der Waals surface area contributed by atoms with Crippen LogP contribution in [-0.2, 0) is 4.79 Å². The first-order valence-electron chi connectivity index (χ1n) is 11.5. The summed E-state index contributed by atoms with van der Waals surface area (Å²) in [7, 11) is 0. The molecule has 2 amide bonds. The average molecular weight is 481 g/mol. The van der Waals surface area contributed by atoms with Gasteiger partial charge < -0.3 is 20.2 Å². The molecule has 0 spiro atoms. The van der Waals surface area contributed by atoms with E-state index in [-0.39, 0.29) is 35.3 Å². The molecule has 0 aliphatic heterocycles. The molecule has 35 heavy (non-hydrogen) atoms. The number of carboxylic acid groups (broad SMARTS) is 1. The number of hydrogen-bond donors (Lipinski definition) is 4. The Morgan fingerprint density at radius 1 is 1.14 bits per heavy atom. The van der Waals surface area contributed by atoms with Gasteiger partial charge in [0.25, 0.3) is 11.8 Å². The van der Waals surface area contributed by atoms with Gasteiger partial charge in [-0.2, -0.15) is 5.10 Å². The number of nitrogens with zero attached hydrogens (tertiary/aromatic N) is 3. The molecule has 0 unspecified atom stereocenters. The van der Waals surface area contributed by atoms with Gasteiger partial charge in [0, 0.05) is 17.2 Å². The number of carboxylic acids is 1. The van der Waals surface area contributed by atoms with E-state index in [0.717, 1.165) is 12.8 Å². The number of H-pyrrole nitrogens is 1. The minimum absolute atomic E-state index is 0.0898. The Labute approximate surface area is 201 Å². The molecule has 4 rings (SSSR count). The van der Waals surface area contributed by atoms with Crippen molar-refractivity contribution in [2.24, 2.45) is 11.8 Å². The van der Waals surface area contributed by atoms with Crippen molar-refractivity contribution in [3.8, 4) is 22.8 Å². The van der Waals surface area contributed by atoms with Crippen molar-refractivity contribution in [2.75, 3.05) is 0 Å². The minimum Gasteiger partial charge on any atom is -0.480 e. The highest BCUT2D eigenvalue weighted by Gasteiger charge is 2.30. The predicted octanol–water partition coefficient (Wildman–Crippen LogP) is 2.88. The molecule has 1 aliphatic rings. The Morgan fingerprint density at radius 3 is 2.57 bits per heavy atom. The van der Waals surface area contributed by atoms with E-state index in [2.05, 4.69) is 30.8 Å². The lowest BCUT2D eigenvalue weighted by Crippen LogP contribution is -2.41. The van der Waals surface area contributed by atoms with E-state index in [1.807, 2.05) is 20.8 Å². The fourth-order valence-electron chi connectivity index (χ4n) is 3.71. The molecule has 2 aromatic heterocycles. The Bertz CT molecular complexity index is 1230. The second kappa shape index (κ2) is 10.1. The van der Waals surface area contributed by atoms with Gasteiger partial charge in [0.1, 0.15) is 6.04 Å². The van der Waals surface area contributed by atoms with E-state index in [1.54, 1.807) is 24.3 Å². The summed E-state index contributed by atoms with van der Waals surface area (Å²) in [6.07, 6.45) is 3.79. The lowest BCUT2D eigenvalue weighted by Gasteiger charge is -2.15. The zero-order chi connectivity index (χ0) is 25.1. The quantitative estimate of drug-likeness (QED) is 0.344. The van der Waals surface area contributed by atoms with E-state index < -0.39 is 17.9 Å². The first kappa shape index (κ1) is 24.1. The molecular formula is C24H28N6O5. The number of aromatic amines is 1. The number of aliphatic carboxylic acids is 1. The lowest BCUT2D eigenvalue weighted by atomic mass is 10.0. The van der Waals surface area contributed by atoms with Gasteiger partial charge in [-0.3, -0.25) is 14.7 Å². The van der Waals surface area contributed by atoms with E-state index in [4.69, 9.17) is 4.42 Å². The Balaban J connectivity index is 1.46. The number of hydrogen-bond acceptors (Lipinski definition) is 7. The highest BCUT2D eigenvalue weighted by Crippen LogP contribution is 2.32. The highest BCUT2D eigenvalue weighted by molar-refractivity contribution is 5.94. The third kappa shape index (κ3) is 5.92. The maximum Gasteiger partial charge on any atom is 0.326 e. The number of aromatic nitrogens is 4. The highest BCUT2D eigenvalue weighted by atomic mass is 16.4. The monoisotopic (exact) mass is 480 g/mol. The van der Waals surface area contributed by atoms with Crippen molar-refractivity contribution >= 4 is 17.8 Å². The maximum atomic E-state index is 12.5. The Morgan fingerprint density at radius 2 is 1.89 bits per heavy atom. The largest absolute Gasteiger partial charge is 0.480 e. The number of carbonyl (C=O) groups excluding carboxylic acids is 2. The lowest BCUT2D eigenvalue weighted by molar-refractivity contribution is -0.139. The van der Waals surface area contributed by atoms with Gasteiger partial charge in [-0.05, 0) is 50.2 Å². The van der Waals surface area contributed by atoms with Gasteiger partial charge in [-0.1, -0.05) is 26.0 Å². The normalized spacial score (nSPS) is 15.0. The first-order chi connectivity index (χ1) is 16.7. The van der Waals surface area contributed by atoms with Crippen molar-refractivity contribution in [2.45, 2.75) is 52.1 Å².